The third-order valence-electron chi connectivity index (χ3n) is 12.9. The number of fused-ring (bicyclic) bond motifs is 6. The molecule has 6 heteroatoms. The summed E-state index contributed by atoms with van der Waals surface area (Å²) in [5.41, 5.74) is 14.5. The molecule has 0 bridgehead atoms. The molecule has 4 aromatic heterocycles. The van der Waals surface area contributed by atoms with Gasteiger partial charge >= 0.3 is 0 Å². The van der Waals surface area contributed by atoms with E-state index in [0.717, 1.165) is 72.4 Å². The molecule has 0 saturated carbocycles. The van der Waals surface area contributed by atoms with E-state index in [1.165, 1.54) is 36.6 Å². The Bertz CT molecular complexity index is 3940. The van der Waals surface area contributed by atoms with Crippen LogP contribution in [0.25, 0.3) is 126 Å². The van der Waals surface area contributed by atoms with Crippen molar-refractivity contribution in [3.8, 4) is 84.5 Å². The molecule has 0 saturated heterocycles. The Morgan fingerprint density at radius 2 is 0.897 bits per heavy atom. The van der Waals surface area contributed by atoms with Crippen molar-refractivity contribution in [2.75, 3.05) is 0 Å². The highest BCUT2D eigenvalue weighted by Gasteiger charge is 2.23. The molecule has 5 nitrogen and oxygen atoms in total. The predicted octanol–water partition coefficient (Wildman–Crippen LogP) is 16.4. The molecule has 13 aromatic rings. The number of para-hydroxylation sites is 2. The lowest BCUT2D eigenvalue weighted by Gasteiger charge is -2.16. The second-order valence-electron chi connectivity index (χ2n) is 17.0. The zero-order valence-corrected chi connectivity index (χ0v) is 37.5. The Morgan fingerprint density at radius 1 is 0.324 bits per heavy atom. The standard InChI is InChI=1S/C62H39N5S/c1-6-19-40(20-7-1)47-34-33-44(35-50(47)41-21-8-2-9-22-41)45-36-53(62-65-60(42-23-10-3-11-24-42)64-61(66-62)43-25-12-4-13-26-43)59(63-39-45)49-30-18-32-56-58(49)52-37-55-51(38-57(52)68-56)48-29-16-17-31-54(48)67(55)46-27-14-5-15-28-46/h1-39H. The lowest BCUT2D eigenvalue weighted by Crippen LogP contribution is -2.02. The molecule has 0 aliphatic rings. The molecule has 0 atom stereocenters. The van der Waals surface area contributed by atoms with Gasteiger partial charge in [-0.25, -0.2) is 15.0 Å². The van der Waals surface area contributed by atoms with E-state index >= 15 is 0 Å². The van der Waals surface area contributed by atoms with Crippen LogP contribution in [-0.4, -0.2) is 24.5 Å². The average molecular weight is 886 g/mol. The van der Waals surface area contributed by atoms with Gasteiger partial charge in [0.15, 0.2) is 17.5 Å². The van der Waals surface area contributed by atoms with Crippen molar-refractivity contribution in [1.82, 2.24) is 24.5 Å². The fourth-order valence-corrected chi connectivity index (χ4v) is 10.9. The molecule has 0 N–H and O–H groups in total. The Kier molecular flexibility index (Phi) is 9.62. The fourth-order valence-electron chi connectivity index (χ4n) is 9.73. The third kappa shape index (κ3) is 6.86. The lowest BCUT2D eigenvalue weighted by atomic mass is 9.90. The van der Waals surface area contributed by atoms with Crippen molar-refractivity contribution in [3.05, 3.63) is 237 Å². The van der Waals surface area contributed by atoms with Crippen LogP contribution in [0.15, 0.2) is 237 Å². The fraction of sp³-hybridized carbons (Fsp3) is 0. The summed E-state index contributed by atoms with van der Waals surface area (Å²) in [6, 6.07) is 81.2. The summed E-state index contributed by atoms with van der Waals surface area (Å²) in [5, 5.41) is 4.80. The van der Waals surface area contributed by atoms with Gasteiger partial charge in [-0.1, -0.05) is 182 Å². The average Bonchev–Trinajstić information content (AvgIpc) is 3.95. The van der Waals surface area contributed by atoms with Crippen LogP contribution >= 0.6 is 11.3 Å². The molecule has 9 aromatic carbocycles. The summed E-state index contributed by atoms with van der Waals surface area (Å²) in [6.07, 6.45) is 2.02. The Hall–Kier alpha value is -8.84. The molecule has 318 valence electrons. The SMILES string of the molecule is c1ccc(-c2nc(-c3ccccc3)nc(-c3cc(-c4ccc(-c5ccccc5)c(-c5ccccc5)c4)cnc3-c3cccc4sc5cc6c7ccccc7n(-c7ccccc7)c6cc5c34)n2)cc1. The largest absolute Gasteiger partial charge is 0.309 e. The van der Waals surface area contributed by atoms with Gasteiger partial charge in [-0.2, -0.15) is 0 Å². The molecule has 68 heavy (non-hydrogen) atoms. The maximum atomic E-state index is 5.49. The highest BCUT2D eigenvalue weighted by molar-refractivity contribution is 7.26. The number of benzene rings is 9. The van der Waals surface area contributed by atoms with Gasteiger partial charge < -0.3 is 4.57 Å². The minimum Gasteiger partial charge on any atom is -0.309 e. The van der Waals surface area contributed by atoms with Crippen molar-refractivity contribution < 1.29 is 0 Å². The van der Waals surface area contributed by atoms with Gasteiger partial charge in [0.05, 0.1) is 16.7 Å². The Morgan fingerprint density at radius 3 is 1.57 bits per heavy atom. The first-order valence-electron chi connectivity index (χ1n) is 22.8. The minimum absolute atomic E-state index is 0.550. The molecule has 0 aliphatic carbocycles. The normalized spacial score (nSPS) is 11.5. The molecule has 0 radical (unpaired) electrons. The first-order valence-corrected chi connectivity index (χ1v) is 23.6. The van der Waals surface area contributed by atoms with Crippen molar-refractivity contribution >= 4 is 53.3 Å². The maximum absolute atomic E-state index is 5.49. The van der Waals surface area contributed by atoms with Gasteiger partial charge in [0, 0.05) is 70.6 Å². The summed E-state index contributed by atoms with van der Waals surface area (Å²) < 4.78 is 4.80. The van der Waals surface area contributed by atoms with Crippen LogP contribution in [0, 0.1) is 0 Å². The summed E-state index contributed by atoms with van der Waals surface area (Å²) in [4.78, 5) is 21.2. The molecule has 0 spiro atoms. The van der Waals surface area contributed by atoms with Crippen LogP contribution < -0.4 is 0 Å². The van der Waals surface area contributed by atoms with Crippen molar-refractivity contribution in [3.63, 3.8) is 0 Å². The highest BCUT2D eigenvalue weighted by atomic mass is 32.1. The predicted molar refractivity (Wildman–Crippen MR) is 283 cm³/mol. The van der Waals surface area contributed by atoms with E-state index < -0.39 is 0 Å². The number of thiophene rings is 1. The second kappa shape index (κ2) is 16.5. The first-order chi connectivity index (χ1) is 33.7. The summed E-state index contributed by atoms with van der Waals surface area (Å²) >= 11 is 1.82. The van der Waals surface area contributed by atoms with Crippen molar-refractivity contribution in [1.29, 1.82) is 0 Å². The molecule has 0 aliphatic heterocycles. The van der Waals surface area contributed by atoms with Gasteiger partial charge in [-0.15, -0.1) is 11.3 Å². The van der Waals surface area contributed by atoms with E-state index in [0.29, 0.717) is 17.5 Å². The zero-order chi connectivity index (χ0) is 45.0. The summed E-state index contributed by atoms with van der Waals surface area (Å²) in [5.74, 6) is 1.74. The van der Waals surface area contributed by atoms with E-state index in [2.05, 4.69) is 199 Å². The quantitative estimate of drug-likeness (QED) is 0.153. The summed E-state index contributed by atoms with van der Waals surface area (Å²) in [6.45, 7) is 0. The topological polar surface area (TPSA) is 56.5 Å². The van der Waals surface area contributed by atoms with E-state index in [1.54, 1.807) is 0 Å². The zero-order valence-electron chi connectivity index (χ0n) is 36.7. The van der Waals surface area contributed by atoms with Gasteiger partial charge in [0.25, 0.3) is 0 Å². The van der Waals surface area contributed by atoms with Crippen LogP contribution in [0.3, 0.4) is 0 Å². The van der Waals surface area contributed by atoms with Crippen LogP contribution in [-0.2, 0) is 0 Å². The van der Waals surface area contributed by atoms with E-state index in [9.17, 15) is 0 Å². The number of nitrogens with zero attached hydrogens (tertiary/aromatic N) is 5. The van der Waals surface area contributed by atoms with Crippen LogP contribution in [0.1, 0.15) is 0 Å². The molecular weight excluding hydrogens is 847 g/mol. The van der Waals surface area contributed by atoms with Gasteiger partial charge in [-0.3, -0.25) is 4.98 Å². The Labute approximate surface area is 397 Å². The van der Waals surface area contributed by atoms with E-state index in [1.807, 2.05) is 53.9 Å². The number of aromatic nitrogens is 5. The number of hydrogen-bond acceptors (Lipinski definition) is 5. The number of rotatable bonds is 8. The second-order valence-corrected chi connectivity index (χ2v) is 18.1. The number of hydrogen-bond donors (Lipinski definition) is 0. The van der Waals surface area contributed by atoms with E-state index in [4.69, 9.17) is 19.9 Å². The molecular formula is C62H39N5S. The minimum atomic E-state index is 0.550. The van der Waals surface area contributed by atoms with Gasteiger partial charge in [0.1, 0.15) is 0 Å². The van der Waals surface area contributed by atoms with Crippen molar-refractivity contribution in [2.24, 2.45) is 0 Å². The molecule has 0 amide bonds. The van der Waals surface area contributed by atoms with Gasteiger partial charge in [0.2, 0.25) is 0 Å². The number of pyridine rings is 1. The lowest BCUT2D eigenvalue weighted by molar-refractivity contribution is 1.07. The highest BCUT2D eigenvalue weighted by Crippen LogP contribution is 2.46. The monoisotopic (exact) mass is 885 g/mol. The molecule has 0 fully saturated rings. The van der Waals surface area contributed by atoms with Gasteiger partial charge in [-0.05, 0) is 76.3 Å². The maximum Gasteiger partial charge on any atom is 0.166 e. The van der Waals surface area contributed by atoms with Crippen LogP contribution in [0.5, 0.6) is 0 Å². The van der Waals surface area contributed by atoms with Crippen molar-refractivity contribution in [2.45, 2.75) is 0 Å². The van der Waals surface area contributed by atoms with E-state index in [-0.39, 0.29) is 0 Å². The summed E-state index contributed by atoms with van der Waals surface area (Å²) in [7, 11) is 0. The van der Waals surface area contributed by atoms with Crippen LogP contribution in [0.4, 0.5) is 0 Å². The first kappa shape index (κ1) is 39.5. The smallest absolute Gasteiger partial charge is 0.166 e. The Balaban J connectivity index is 1.08. The third-order valence-corrected chi connectivity index (χ3v) is 14.0. The molecule has 0 unspecified atom stereocenters. The molecule has 4 heterocycles. The molecule has 13 rings (SSSR count). The van der Waals surface area contributed by atoms with Crippen LogP contribution in [0.2, 0.25) is 0 Å².